The first kappa shape index (κ1) is 23.3. The number of carboxylic acids is 1. The predicted octanol–water partition coefficient (Wildman–Crippen LogP) is 4.06. The molecule has 0 saturated carbocycles. The Morgan fingerprint density at radius 2 is 1.56 bits per heavy atom. The van der Waals surface area contributed by atoms with Crippen LogP contribution in [0.4, 0.5) is 4.79 Å². The van der Waals surface area contributed by atoms with Gasteiger partial charge in [-0.2, -0.15) is 0 Å². The molecule has 2 aromatic rings. The van der Waals surface area contributed by atoms with Crippen LogP contribution in [0.1, 0.15) is 56.6 Å². The van der Waals surface area contributed by atoms with E-state index in [1.165, 1.54) is 11.1 Å². The third-order valence-corrected chi connectivity index (χ3v) is 5.72. The molecule has 0 heterocycles. The van der Waals surface area contributed by atoms with Gasteiger partial charge in [-0.25, -0.2) is 9.59 Å². The summed E-state index contributed by atoms with van der Waals surface area (Å²) in [5.74, 6) is -1.39. The Morgan fingerprint density at radius 3 is 2.12 bits per heavy atom. The molecule has 2 aromatic carbocycles. The number of nitrogens with one attached hydrogen (secondary N) is 2. The van der Waals surface area contributed by atoms with Gasteiger partial charge >= 0.3 is 12.1 Å². The molecule has 3 rings (SSSR count). The van der Waals surface area contributed by atoms with Crippen molar-refractivity contribution in [3.8, 4) is 11.1 Å². The van der Waals surface area contributed by atoms with Crippen LogP contribution in [0.25, 0.3) is 11.1 Å². The number of carboxylic acid groups (broad SMARTS) is 1. The fourth-order valence-corrected chi connectivity index (χ4v) is 4.07. The van der Waals surface area contributed by atoms with E-state index in [1.807, 2.05) is 31.2 Å². The summed E-state index contributed by atoms with van der Waals surface area (Å²) in [6.45, 7) is 3.88. The lowest BCUT2D eigenvalue weighted by Crippen LogP contribution is -2.41. The maximum atomic E-state index is 12.3. The largest absolute Gasteiger partial charge is 0.480 e. The van der Waals surface area contributed by atoms with Crippen molar-refractivity contribution in [1.82, 2.24) is 10.6 Å². The molecule has 1 aliphatic rings. The van der Waals surface area contributed by atoms with Crippen LogP contribution >= 0.6 is 0 Å². The van der Waals surface area contributed by atoms with Crippen molar-refractivity contribution >= 4 is 18.0 Å². The lowest BCUT2D eigenvalue weighted by molar-refractivity contribution is -0.142. The van der Waals surface area contributed by atoms with Crippen molar-refractivity contribution in [3.63, 3.8) is 0 Å². The van der Waals surface area contributed by atoms with Gasteiger partial charge in [-0.1, -0.05) is 61.9 Å². The normalized spacial score (nSPS) is 14.1. The van der Waals surface area contributed by atoms with E-state index in [-0.39, 0.29) is 30.9 Å². The summed E-state index contributed by atoms with van der Waals surface area (Å²) in [5.41, 5.74) is 4.62. The molecular formula is C25H30N2O5. The van der Waals surface area contributed by atoms with Gasteiger partial charge in [0.15, 0.2) is 0 Å². The topological polar surface area (TPSA) is 105 Å². The van der Waals surface area contributed by atoms with Crippen molar-refractivity contribution in [2.75, 3.05) is 6.61 Å². The van der Waals surface area contributed by atoms with Gasteiger partial charge in [-0.3, -0.25) is 4.79 Å². The summed E-state index contributed by atoms with van der Waals surface area (Å²) in [7, 11) is 0. The standard InChI is InChI=1S/C25H30N2O5/c1-3-8-22(24(29)30)27-23(28)14-13-16(2)26-25(31)32-15-21-19-11-6-4-9-17(19)18-10-5-7-12-20(18)21/h4-7,9-12,16,21-22H,3,8,13-15H2,1-2H3,(H,26,31)(H,27,28)(H,29,30)/t16?,22-/m0/s1. The highest BCUT2D eigenvalue weighted by Gasteiger charge is 2.29. The minimum absolute atomic E-state index is 0.0132. The first-order chi connectivity index (χ1) is 15.4. The third-order valence-electron chi connectivity index (χ3n) is 5.72. The van der Waals surface area contributed by atoms with Gasteiger partial charge in [-0.05, 0) is 42.0 Å². The second kappa shape index (κ2) is 10.8. The molecule has 0 saturated heterocycles. The Bertz CT molecular complexity index is 929. The molecule has 1 aliphatic carbocycles. The van der Waals surface area contributed by atoms with Crippen molar-refractivity contribution in [1.29, 1.82) is 0 Å². The summed E-state index contributed by atoms with van der Waals surface area (Å²) in [6, 6.07) is 15.1. The molecule has 0 aliphatic heterocycles. The number of fused-ring (bicyclic) bond motifs is 3. The minimum Gasteiger partial charge on any atom is -0.480 e. The molecule has 0 spiro atoms. The molecule has 2 amide bonds. The number of hydrogen-bond donors (Lipinski definition) is 3. The number of alkyl carbamates (subject to hydrolysis) is 1. The van der Waals surface area contributed by atoms with E-state index in [1.54, 1.807) is 6.92 Å². The maximum Gasteiger partial charge on any atom is 0.407 e. The van der Waals surface area contributed by atoms with Gasteiger partial charge in [-0.15, -0.1) is 0 Å². The molecule has 0 fully saturated rings. The number of aliphatic carboxylic acids is 1. The lowest BCUT2D eigenvalue weighted by Gasteiger charge is -2.18. The van der Waals surface area contributed by atoms with E-state index in [2.05, 4.69) is 34.9 Å². The first-order valence-electron chi connectivity index (χ1n) is 11.0. The van der Waals surface area contributed by atoms with Gasteiger partial charge in [0.05, 0.1) is 0 Å². The highest BCUT2D eigenvalue weighted by Crippen LogP contribution is 2.44. The quantitative estimate of drug-likeness (QED) is 0.519. The van der Waals surface area contributed by atoms with Gasteiger partial charge in [0, 0.05) is 18.4 Å². The van der Waals surface area contributed by atoms with Crippen LogP contribution in [0.3, 0.4) is 0 Å². The molecule has 3 N–H and O–H groups in total. The Hall–Kier alpha value is -3.35. The Balaban J connectivity index is 1.47. The van der Waals surface area contributed by atoms with Gasteiger partial charge in [0.25, 0.3) is 0 Å². The van der Waals surface area contributed by atoms with Crippen LogP contribution in [-0.4, -0.2) is 41.8 Å². The van der Waals surface area contributed by atoms with Crippen LogP contribution in [0.2, 0.25) is 0 Å². The summed E-state index contributed by atoms with van der Waals surface area (Å²) in [6.07, 6.45) is 1.02. The lowest BCUT2D eigenvalue weighted by atomic mass is 9.98. The van der Waals surface area contributed by atoms with E-state index < -0.39 is 18.1 Å². The molecule has 170 valence electrons. The fourth-order valence-electron chi connectivity index (χ4n) is 4.07. The van der Waals surface area contributed by atoms with E-state index in [0.29, 0.717) is 19.3 Å². The summed E-state index contributed by atoms with van der Waals surface area (Å²) >= 11 is 0. The molecule has 7 nitrogen and oxygen atoms in total. The van der Waals surface area contributed by atoms with Crippen LogP contribution in [-0.2, 0) is 14.3 Å². The number of rotatable bonds is 10. The van der Waals surface area contributed by atoms with E-state index >= 15 is 0 Å². The Morgan fingerprint density at radius 1 is 0.969 bits per heavy atom. The molecule has 0 radical (unpaired) electrons. The summed E-state index contributed by atoms with van der Waals surface area (Å²) in [4.78, 5) is 35.5. The van der Waals surface area contributed by atoms with E-state index in [9.17, 15) is 14.4 Å². The van der Waals surface area contributed by atoms with Crippen LogP contribution in [0.15, 0.2) is 48.5 Å². The molecule has 7 heteroatoms. The number of carbonyl (C=O) groups is 3. The maximum absolute atomic E-state index is 12.3. The average molecular weight is 439 g/mol. The first-order valence-corrected chi connectivity index (χ1v) is 11.0. The smallest absolute Gasteiger partial charge is 0.407 e. The van der Waals surface area contributed by atoms with Crippen molar-refractivity contribution in [2.45, 2.75) is 57.5 Å². The summed E-state index contributed by atoms with van der Waals surface area (Å²) < 4.78 is 5.52. The zero-order chi connectivity index (χ0) is 23.1. The molecular weight excluding hydrogens is 408 g/mol. The number of carbonyl (C=O) groups excluding carboxylic acids is 2. The highest BCUT2D eigenvalue weighted by molar-refractivity contribution is 5.83. The van der Waals surface area contributed by atoms with Crippen molar-refractivity contribution in [2.24, 2.45) is 0 Å². The summed E-state index contributed by atoms with van der Waals surface area (Å²) in [5, 5.41) is 14.4. The monoisotopic (exact) mass is 438 g/mol. The number of amides is 2. The molecule has 0 aromatic heterocycles. The second-order valence-electron chi connectivity index (χ2n) is 8.16. The van der Waals surface area contributed by atoms with Crippen molar-refractivity contribution in [3.05, 3.63) is 59.7 Å². The zero-order valence-electron chi connectivity index (χ0n) is 18.5. The third kappa shape index (κ3) is 5.66. The molecule has 0 bridgehead atoms. The second-order valence-corrected chi connectivity index (χ2v) is 8.16. The fraction of sp³-hybridized carbons (Fsp3) is 0.400. The number of ether oxygens (including phenoxy) is 1. The highest BCUT2D eigenvalue weighted by atomic mass is 16.5. The average Bonchev–Trinajstić information content (AvgIpc) is 3.10. The number of benzene rings is 2. The van der Waals surface area contributed by atoms with E-state index in [4.69, 9.17) is 9.84 Å². The zero-order valence-corrected chi connectivity index (χ0v) is 18.5. The van der Waals surface area contributed by atoms with Gasteiger partial charge in [0.2, 0.25) is 5.91 Å². The predicted molar refractivity (Wildman–Crippen MR) is 121 cm³/mol. The van der Waals surface area contributed by atoms with Crippen molar-refractivity contribution < 1.29 is 24.2 Å². The van der Waals surface area contributed by atoms with Gasteiger partial charge < -0.3 is 20.5 Å². The van der Waals surface area contributed by atoms with Crippen LogP contribution < -0.4 is 10.6 Å². The molecule has 2 atom stereocenters. The Kier molecular flexibility index (Phi) is 7.87. The van der Waals surface area contributed by atoms with Gasteiger partial charge in [0.1, 0.15) is 12.6 Å². The molecule has 1 unspecified atom stereocenters. The SMILES string of the molecule is CCC[C@H](NC(=O)CCC(C)NC(=O)OCC1c2ccccc2-c2ccccc21)C(=O)O. The van der Waals surface area contributed by atoms with Crippen LogP contribution in [0.5, 0.6) is 0 Å². The Labute approximate surface area is 188 Å². The number of hydrogen-bond acceptors (Lipinski definition) is 4. The van der Waals surface area contributed by atoms with Crippen LogP contribution in [0, 0.1) is 0 Å². The molecule has 32 heavy (non-hydrogen) atoms. The van der Waals surface area contributed by atoms with E-state index in [0.717, 1.165) is 11.1 Å². The minimum atomic E-state index is -1.04.